The fraction of sp³-hybridized carbons (Fsp3) is 0.933. The molecule has 0 bridgehead atoms. The number of hydrogen-bond donors (Lipinski definition) is 1. The van der Waals surface area contributed by atoms with Crippen LogP contribution in [0.3, 0.4) is 0 Å². The summed E-state index contributed by atoms with van der Waals surface area (Å²) < 4.78 is 0. The zero-order chi connectivity index (χ0) is 13.5. The van der Waals surface area contributed by atoms with Gasteiger partial charge in [0, 0.05) is 19.6 Å². The molecule has 0 amide bonds. The number of piperidine rings is 1. The lowest BCUT2D eigenvalue weighted by atomic mass is 10.00. The summed E-state index contributed by atoms with van der Waals surface area (Å²) in [5.41, 5.74) is 6.10. The third-order valence-corrected chi connectivity index (χ3v) is 4.50. The van der Waals surface area contributed by atoms with Crippen molar-refractivity contribution in [3.8, 4) is 0 Å². The third kappa shape index (κ3) is 5.01. The van der Waals surface area contributed by atoms with Gasteiger partial charge in [-0.25, -0.2) is 0 Å². The van der Waals surface area contributed by atoms with E-state index < -0.39 is 0 Å². The normalized spacial score (nSPS) is 24.5. The Morgan fingerprint density at radius 1 is 1.05 bits per heavy atom. The highest BCUT2D eigenvalue weighted by molar-refractivity contribution is 5.78. The molecule has 4 heteroatoms. The van der Waals surface area contributed by atoms with Gasteiger partial charge in [-0.2, -0.15) is 0 Å². The van der Waals surface area contributed by atoms with E-state index in [1.807, 2.05) is 0 Å². The Hall–Kier alpha value is -0.770. The molecule has 2 aliphatic rings. The predicted molar refractivity (Wildman–Crippen MR) is 81.4 cm³/mol. The van der Waals surface area contributed by atoms with Crippen LogP contribution in [-0.4, -0.2) is 55.0 Å². The van der Waals surface area contributed by atoms with E-state index in [2.05, 4.69) is 21.7 Å². The molecule has 0 aromatic rings. The number of hydrogen-bond acceptors (Lipinski definition) is 2. The highest BCUT2D eigenvalue weighted by Crippen LogP contribution is 2.15. The van der Waals surface area contributed by atoms with Gasteiger partial charge < -0.3 is 15.5 Å². The van der Waals surface area contributed by atoms with Crippen molar-refractivity contribution < 1.29 is 0 Å². The minimum Gasteiger partial charge on any atom is -0.370 e. The highest BCUT2D eigenvalue weighted by atomic mass is 15.3. The Morgan fingerprint density at radius 3 is 2.32 bits per heavy atom. The van der Waals surface area contributed by atoms with E-state index in [-0.39, 0.29) is 0 Å². The second-order valence-electron chi connectivity index (χ2n) is 6.17. The molecular weight excluding hydrogens is 236 g/mol. The Balaban J connectivity index is 1.69. The van der Waals surface area contributed by atoms with Crippen LogP contribution in [-0.2, 0) is 0 Å². The molecule has 4 nitrogen and oxygen atoms in total. The van der Waals surface area contributed by atoms with Crippen molar-refractivity contribution >= 4 is 5.96 Å². The summed E-state index contributed by atoms with van der Waals surface area (Å²) in [4.78, 5) is 9.37. The minimum absolute atomic E-state index is 0.765. The van der Waals surface area contributed by atoms with E-state index in [9.17, 15) is 0 Å². The summed E-state index contributed by atoms with van der Waals surface area (Å²) in [5, 5.41) is 0. The van der Waals surface area contributed by atoms with E-state index in [1.165, 1.54) is 51.6 Å². The molecule has 2 N–H and O–H groups in total. The van der Waals surface area contributed by atoms with Crippen LogP contribution in [0.15, 0.2) is 4.99 Å². The van der Waals surface area contributed by atoms with Crippen molar-refractivity contribution in [1.29, 1.82) is 0 Å². The first-order valence-corrected chi connectivity index (χ1v) is 8.03. The highest BCUT2D eigenvalue weighted by Gasteiger charge is 2.16. The van der Waals surface area contributed by atoms with Crippen LogP contribution in [0.25, 0.3) is 0 Å². The van der Waals surface area contributed by atoms with E-state index in [4.69, 9.17) is 5.73 Å². The predicted octanol–water partition coefficient (Wildman–Crippen LogP) is 1.91. The molecule has 0 atom stereocenters. The number of aliphatic imine (C=N–C) groups is 1. The molecule has 0 unspecified atom stereocenters. The molecule has 110 valence electrons. The largest absolute Gasteiger partial charge is 0.370 e. The molecule has 19 heavy (non-hydrogen) atoms. The van der Waals surface area contributed by atoms with Crippen LogP contribution in [0, 0.1) is 5.92 Å². The molecule has 0 aromatic carbocycles. The van der Waals surface area contributed by atoms with Crippen LogP contribution < -0.4 is 5.73 Å². The topological polar surface area (TPSA) is 44.9 Å². The molecule has 2 aliphatic heterocycles. The Morgan fingerprint density at radius 2 is 1.68 bits per heavy atom. The van der Waals surface area contributed by atoms with Gasteiger partial charge in [-0.05, 0) is 44.7 Å². The minimum atomic E-state index is 0.765. The molecule has 2 rings (SSSR count). The Kier molecular flexibility index (Phi) is 5.95. The second kappa shape index (κ2) is 7.73. The lowest BCUT2D eigenvalue weighted by molar-refractivity contribution is 0.274. The Labute approximate surface area is 118 Å². The van der Waals surface area contributed by atoms with Gasteiger partial charge >= 0.3 is 0 Å². The maximum Gasteiger partial charge on any atom is 0.191 e. The second-order valence-corrected chi connectivity index (χ2v) is 6.17. The number of nitrogens with two attached hydrogens (primary N) is 1. The first-order valence-electron chi connectivity index (χ1n) is 8.03. The molecular formula is C15H30N4. The summed E-state index contributed by atoms with van der Waals surface area (Å²) in [6.07, 6.45) is 8.00. The van der Waals surface area contributed by atoms with E-state index in [0.29, 0.717) is 0 Å². The fourth-order valence-corrected chi connectivity index (χ4v) is 3.00. The van der Waals surface area contributed by atoms with Gasteiger partial charge in [-0.1, -0.05) is 19.8 Å². The molecule has 2 heterocycles. The molecule has 2 saturated heterocycles. The molecule has 0 saturated carbocycles. The molecule has 0 radical (unpaired) electrons. The standard InChI is InChI=1S/C15H30N4/c1-14-6-11-19(12-7-14)15(16)17-8-13-18-9-4-2-3-5-10-18/h14H,2-13H2,1H3,(H2,16,17). The summed E-state index contributed by atoms with van der Waals surface area (Å²) in [7, 11) is 0. The first kappa shape index (κ1) is 14.6. The van der Waals surface area contributed by atoms with Crippen LogP contribution in [0.2, 0.25) is 0 Å². The van der Waals surface area contributed by atoms with Crippen molar-refractivity contribution in [2.45, 2.75) is 45.4 Å². The number of guanidine groups is 1. The zero-order valence-corrected chi connectivity index (χ0v) is 12.5. The molecule has 0 aliphatic carbocycles. The van der Waals surface area contributed by atoms with E-state index in [0.717, 1.165) is 38.1 Å². The van der Waals surface area contributed by atoms with Gasteiger partial charge in [-0.15, -0.1) is 0 Å². The van der Waals surface area contributed by atoms with Gasteiger partial charge in [0.1, 0.15) is 0 Å². The van der Waals surface area contributed by atoms with Crippen molar-refractivity contribution in [2.24, 2.45) is 16.6 Å². The number of likely N-dealkylation sites (tertiary alicyclic amines) is 2. The maximum atomic E-state index is 6.10. The van der Waals surface area contributed by atoms with Crippen LogP contribution in [0.1, 0.15) is 45.4 Å². The Bertz CT molecular complexity index is 274. The van der Waals surface area contributed by atoms with Gasteiger partial charge in [0.05, 0.1) is 6.54 Å². The average molecular weight is 266 g/mol. The van der Waals surface area contributed by atoms with E-state index in [1.54, 1.807) is 0 Å². The lowest BCUT2D eigenvalue weighted by Gasteiger charge is -2.31. The average Bonchev–Trinajstić information content (AvgIpc) is 2.68. The fourth-order valence-electron chi connectivity index (χ4n) is 3.00. The van der Waals surface area contributed by atoms with Crippen molar-refractivity contribution in [2.75, 3.05) is 39.3 Å². The van der Waals surface area contributed by atoms with Crippen LogP contribution >= 0.6 is 0 Å². The third-order valence-electron chi connectivity index (χ3n) is 4.50. The number of nitrogens with zero attached hydrogens (tertiary/aromatic N) is 3. The zero-order valence-electron chi connectivity index (χ0n) is 12.5. The van der Waals surface area contributed by atoms with Gasteiger partial charge in [0.25, 0.3) is 0 Å². The van der Waals surface area contributed by atoms with Crippen molar-refractivity contribution in [3.63, 3.8) is 0 Å². The van der Waals surface area contributed by atoms with Gasteiger partial charge in [0.2, 0.25) is 0 Å². The van der Waals surface area contributed by atoms with Crippen LogP contribution in [0.4, 0.5) is 0 Å². The van der Waals surface area contributed by atoms with Crippen molar-refractivity contribution in [3.05, 3.63) is 0 Å². The summed E-state index contributed by atoms with van der Waals surface area (Å²) in [6.45, 7) is 8.92. The monoisotopic (exact) mass is 266 g/mol. The van der Waals surface area contributed by atoms with E-state index >= 15 is 0 Å². The molecule has 2 fully saturated rings. The first-order chi connectivity index (χ1) is 9.25. The quantitative estimate of drug-likeness (QED) is 0.627. The smallest absolute Gasteiger partial charge is 0.191 e. The molecule has 0 spiro atoms. The van der Waals surface area contributed by atoms with Gasteiger partial charge in [0.15, 0.2) is 5.96 Å². The summed E-state index contributed by atoms with van der Waals surface area (Å²) >= 11 is 0. The van der Waals surface area contributed by atoms with Crippen molar-refractivity contribution in [1.82, 2.24) is 9.80 Å². The van der Waals surface area contributed by atoms with Gasteiger partial charge in [-0.3, -0.25) is 4.99 Å². The molecule has 0 aromatic heterocycles. The maximum absolute atomic E-state index is 6.10. The SMILES string of the molecule is CC1CCN(C(N)=NCCN2CCCCCC2)CC1. The summed E-state index contributed by atoms with van der Waals surface area (Å²) in [5.74, 6) is 1.61. The van der Waals surface area contributed by atoms with Crippen LogP contribution in [0.5, 0.6) is 0 Å². The lowest BCUT2D eigenvalue weighted by Crippen LogP contribution is -2.43. The number of rotatable bonds is 3. The summed E-state index contributed by atoms with van der Waals surface area (Å²) in [6, 6.07) is 0.